The molecule has 43 heavy (non-hydrogen) atoms. The molecule has 1 saturated carbocycles. The lowest BCUT2D eigenvalue weighted by Gasteiger charge is -2.28. The van der Waals surface area contributed by atoms with E-state index in [0.717, 1.165) is 67.6 Å². The van der Waals surface area contributed by atoms with Gasteiger partial charge in [0.2, 0.25) is 0 Å². The summed E-state index contributed by atoms with van der Waals surface area (Å²) in [6.45, 7) is 4.39. The fourth-order valence-corrected chi connectivity index (χ4v) is 8.80. The number of fused-ring (bicyclic) bond motifs is 5. The predicted molar refractivity (Wildman–Crippen MR) is 181 cm³/mol. The van der Waals surface area contributed by atoms with Crippen LogP contribution in [0.1, 0.15) is 103 Å². The molecule has 5 heteroatoms. The van der Waals surface area contributed by atoms with E-state index in [9.17, 15) is 0 Å². The average Bonchev–Trinajstić information content (AvgIpc) is 3.75. The number of aryl methyl sites for hydroxylation is 3. The molecule has 1 aliphatic heterocycles. The monoisotopic (exact) mass is 590 g/mol. The number of para-hydroxylation sites is 2. The standard InChI is InChI=1S/C38H43N2O2P/c1-3-11-30-24(2)41-37-25(12-9-17-32(30)37)20-28-22-35-34(39(28)27-14-5-4-6-15-27)23-29(40(35)43)21-26-13-10-18-33-31-16-7-8-19-36(31)42-38(26)33/h8-10,12-13,17-19,22,27,29H,3-7,11,14-16,20-21,23,43H2,1-2H3. The van der Waals surface area contributed by atoms with Crippen LogP contribution >= 0.6 is 9.39 Å². The molecule has 0 radical (unpaired) electrons. The Kier molecular flexibility index (Phi) is 7.02. The molecule has 2 aromatic carbocycles. The Balaban J connectivity index is 1.14. The maximum Gasteiger partial charge on any atom is 0.138 e. The summed E-state index contributed by atoms with van der Waals surface area (Å²) in [5.41, 5.74) is 11.9. The van der Waals surface area contributed by atoms with Gasteiger partial charge in [-0.25, -0.2) is 0 Å². The molecule has 3 aliphatic rings. The van der Waals surface area contributed by atoms with E-state index in [1.807, 2.05) is 0 Å². The molecule has 0 spiro atoms. The van der Waals surface area contributed by atoms with Crippen LogP contribution in [-0.4, -0.2) is 10.6 Å². The van der Waals surface area contributed by atoms with E-state index in [1.54, 1.807) is 0 Å². The molecule has 4 nitrogen and oxygen atoms in total. The van der Waals surface area contributed by atoms with E-state index in [0.29, 0.717) is 12.1 Å². The molecule has 8 rings (SSSR count). The number of aromatic nitrogens is 1. The fourth-order valence-electron chi connectivity index (χ4n) is 8.37. The first-order chi connectivity index (χ1) is 21.1. The Morgan fingerprint density at radius 2 is 1.74 bits per heavy atom. The van der Waals surface area contributed by atoms with Crippen molar-refractivity contribution in [1.82, 2.24) is 4.57 Å². The highest BCUT2D eigenvalue weighted by Gasteiger charge is 2.35. The van der Waals surface area contributed by atoms with Crippen LogP contribution in [0.5, 0.6) is 0 Å². The van der Waals surface area contributed by atoms with Gasteiger partial charge in [-0.2, -0.15) is 0 Å². The van der Waals surface area contributed by atoms with Gasteiger partial charge in [0.25, 0.3) is 0 Å². The van der Waals surface area contributed by atoms with Crippen molar-refractivity contribution < 1.29 is 8.83 Å². The summed E-state index contributed by atoms with van der Waals surface area (Å²) in [6.07, 6.45) is 18.3. The molecular formula is C38H43N2O2P. The second-order valence-corrected chi connectivity index (χ2v) is 13.7. The van der Waals surface area contributed by atoms with E-state index in [1.165, 1.54) is 82.2 Å². The number of benzene rings is 2. The van der Waals surface area contributed by atoms with Gasteiger partial charge in [0, 0.05) is 63.8 Å². The van der Waals surface area contributed by atoms with E-state index < -0.39 is 0 Å². The third-order valence-electron chi connectivity index (χ3n) is 10.4. The Labute approximate surface area is 257 Å². The second-order valence-electron chi connectivity index (χ2n) is 13.1. The molecule has 4 heterocycles. The van der Waals surface area contributed by atoms with Crippen LogP contribution < -0.4 is 4.67 Å². The number of nitrogens with zero attached hydrogens (tertiary/aromatic N) is 2. The molecule has 0 bridgehead atoms. The summed E-state index contributed by atoms with van der Waals surface area (Å²) in [4.78, 5) is 0. The largest absolute Gasteiger partial charge is 0.461 e. The van der Waals surface area contributed by atoms with Crippen molar-refractivity contribution in [3.63, 3.8) is 0 Å². The van der Waals surface area contributed by atoms with Crippen LogP contribution in [0, 0.1) is 6.92 Å². The van der Waals surface area contributed by atoms with Crippen LogP contribution in [0.3, 0.4) is 0 Å². The first kappa shape index (κ1) is 27.3. The summed E-state index contributed by atoms with van der Waals surface area (Å²) < 4.78 is 18.2. The lowest BCUT2D eigenvalue weighted by Crippen LogP contribution is -2.26. The number of anilines is 1. The summed E-state index contributed by atoms with van der Waals surface area (Å²) in [5, 5.41) is 2.61. The van der Waals surface area contributed by atoms with Crippen LogP contribution in [0.15, 0.2) is 57.4 Å². The molecule has 5 aromatic rings. The molecule has 2 aliphatic carbocycles. The molecular weight excluding hydrogens is 547 g/mol. The number of hydrogen-bond acceptors (Lipinski definition) is 3. The summed E-state index contributed by atoms with van der Waals surface area (Å²) in [7, 11) is 3.09. The van der Waals surface area contributed by atoms with Crippen LogP contribution in [0.25, 0.3) is 28.0 Å². The van der Waals surface area contributed by atoms with Gasteiger partial charge >= 0.3 is 0 Å². The maximum absolute atomic E-state index is 6.46. The quantitative estimate of drug-likeness (QED) is 0.177. The molecule has 0 saturated heterocycles. The SMILES string of the molecule is CCCc1c(C)oc2c(Cc3cc4c(n3C3CCCCC3)CC(Cc3cccc5c6c(oc35)C=CCC6)N4P)cccc12. The molecule has 2 unspecified atom stereocenters. The Morgan fingerprint density at radius 3 is 2.58 bits per heavy atom. The van der Waals surface area contributed by atoms with Crippen molar-refractivity contribution in [2.24, 2.45) is 0 Å². The van der Waals surface area contributed by atoms with Crippen LogP contribution in [0.2, 0.25) is 0 Å². The highest BCUT2D eigenvalue weighted by molar-refractivity contribution is 7.19. The van der Waals surface area contributed by atoms with E-state index >= 15 is 0 Å². The van der Waals surface area contributed by atoms with Crippen LogP contribution in [0.4, 0.5) is 5.69 Å². The third kappa shape index (κ3) is 4.60. The normalized spacial score (nSPS) is 18.7. The highest BCUT2D eigenvalue weighted by atomic mass is 31.0. The lowest BCUT2D eigenvalue weighted by atomic mass is 9.94. The van der Waals surface area contributed by atoms with Crippen molar-refractivity contribution in [3.05, 3.63) is 93.7 Å². The van der Waals surface area contributed by atoms with Crippen LogP contribution in [-0.2, 0) is 32.1 Å². The van der Waals surface area contributed by atoms with Crippen molar-refractivity contribution in [2.45, 2.75) is 103 Å². The zero-order valence-electron chi connectivity index (χ0n) is 25.6. The van der Waals surface area contributed by atoms with Gasteiger partial charge in [-0.1, -0.05) is 75.1 Å². The Bertz CT molecular complexity index is 1850. The van der Waals surface area contributed by atoms with Gasteiger partial charge < -0.3 is 18.1 Å². The summed E-state index contributed by atoms with van der Waals surface area (Å²) in [5.74, 6) is 2.14. The fraction of sp³-hybridized carbons (Fsp3) is 0.421. The molecule has 222 valence electrons. The van der Waals surface area contributed by atoms with Crippen molar-refractivity contribution in [2.75, 3.05) is 4.67 Å². The van der Waals surface area contributed by atoms with Gasteiger partial charge in [-0.3, -0.25) is 0 Å². The van der Waals surface area contributed by atoms with Crippen molar-refractivity contribution >= 4 is 43.1 Å². The van der Waals surface area contributed by atoms with Gasteiger partial charge in [0.05, 0.1) is 5.69 Å². The highest BCUT2D eigenvalue weighted by Crippen LogP contribution is 2.44. The number of allylic oxidation sites excluding steroid dienone is 1. The maximum atomic E-state index is 6.46. The minimum Gasteiger partial charge on any atom is -0.461 e. The summed E-state index contributed by atoms with van der Waals surface area (Å²) in [6, 6.07) is 17.0. The number of rotatable bonds is 7. The first-order valence-electron chi connectivity index (χ1n) is 16.6. The lowest BCUT2D eigenvalue weighted by molar-refractivity contribution is 0.342. The van der Waals surface area contributed by atoms with Crippen molar-refractivity contribution in [3.8, 4) is 0 Å². The Morgan fingerprint density at radius 1 is 0.953 bits per heavy atom. The minimum absolute atomic E-state index is 0.398. The van der Waals surface area contributed by atoms with Gasteiger partial charge in [-0.05, 0) is 72.5 Å². The predicted octanol–water partition coefficient (Wildman–Crippen LogP) is 10.1. The average molecular weight is 591 g/mol. The van der Waals surface area contributed by atoms with Gasteiger partial charge in [0.15, 0.2) is 0 Å². The first-order valence-corrected chi connectivity index (χ1v) is 17.1. The third-order valence-corrected chi connectivity index (χ3v) is 11.1. The molecule has 1 fully saturated rings. The molecule has 2 atom stereocenters. The zero-order chi connectivity index (χ0) is 29.1. The smallest absolute Gasteiger partial charge is 0.138 e. The van der Waals surface area contributed by atoms with Gasteiger partial charge in [0.1, 0.15) is 22.7 Å². The van der Waals surface area contributed by atoms with E-state index in [2.05, 4.69) is 87.1 Å². The van der Waals surface area contributed by atoms with Crippen molar-refractivity contribution in [1.29, 1.82) is 0 Å². The second kappa shape index (κ2) is 11.0. The number of furan rings is 2. The minimum atomic E-state index is 0.398. The molecule has 0 N–H and O–H groups in total. The Hall–Kier alpha value is -3.23. The summed E-state index contributed by atoms with van der Waals surface area (Å²) >= 11 is 0. The number of hydrogen-bond donors (Lipinski definition) is 0. The topological polar surface area (TPSA) is 34.5 Å². The van der Waals surface area contributed by atoms with E-state index in [4.69, 9.17) is 8.83 Å². The van der Waals surface area contributed by atoms with Gasteiger partial charge in [-0.15, -0.1) is 0 Å². The molecule has 3 aromatic heterocycles. The van der Waals surface area contributed by atoms with E-state index in [-0.39, 0.29) is 0 Å². The molecule has 0 amide bonds. The zero-order valence-corrected chi connectivity index (χ0v) is 26.8.